The van der Waals surface area contributed by atoms with E-state index in [0.717, 1.165) is 5.56 Å². The summed E-state index contributed by atoms with van der Waals surface area (Å²) >= 11 is 0. The molecule has 0 saturated heterocycles. The Hall–Kier alpha value is -1.98. The summed E-state index contributed by atoms with van der Waals surface area (Å²) < 4.78 is 4.91. The molecule has 1 rings (SSSR count). The van der Waals surface area contributed by atoms with Gasteiger partial charge in [-0.15, -0.1) is 0 Å². The average molecular weight is 254 g/mol. The lowest BCUT2D eigenvalue weighted by molar-refractivity contribution is -0.138. The Morgan fingerprint density at radius 3 is 2.67 bits per heavy atom. The number of carbonyl (C=O) groups excluding carboxylic acids is 1. The second-order valence-electron chi connectivity index (χ2n) is 4.87. The predicted octanol–water partition coefficient (Wildman–Crippen LogP) is 1.67. The van der Waals surface area contributed by atoms with Crippen molar-refractivity contribution in [1.29, 1.82) is 0 Å². The number of rotatable bonds is 5. The van der Waals surface area contributed by atoms with Crippen LogP contribution >= 0.6 is 0 Å². The largest absolute Gasteiger partial charge is 0.481 e. The van der Waals surface area contributed by atoms with Gasteiger partial charge in [0.1, 0.15) is 0 Å². The van der Waals surface area contributed by atoms with Gasteiger partial charge in [-0.1, -0.05) is 0 Å². The lowest BCUT2D eigenvalue weighted by Crippen LogP contribution is -2.49. The Kier molecular flexibility index (Phi) is 4.36. The molecule has 1 aromatic rings. The van der Waals surface area contributed by atoms with Gasteiger partial charge in [0.05, 0.1) is 25.5 Å². The molecule has 2 N–H and O–H groups in total. The highest BCUT2D eigenvalue weighted by molar-refractivity contribution is 5.76. The van der Waals surface area contributed by atoms with Crippen LogP contribution in [0.4, 0.5) is 4.79 Å². The first-order chi connectivity index (χ1) is 8.30. The van der Waals surface area contributed by atoms with Crippen molar-refractivity contribution in [2.75, 3.05) is 7.05 Å². The average Bonchev–Trinajstić information content (AvgIpc) is 2.67. The van der Waals surface area contributed by atoms with E-state index in [1.165, 1.54) is 11.2 Å². The van der Waals surface area contributed by atoms with Gasteiger partial charge in [0, 0.05) is 18.2 Å². The van der Waals surface area contributed by atoms with Crippen molar-refractivity contribution in [3.8, 4) is 0 Å². The van der Waals surface area contributed by atoms with Gasteiger partial charge in [-0.25, -0.2) is 4.79 Å². The predicted molar refractivity (Wildman–Crippen MR) is 65.0 cm³/mol. The van der Waals surface area contributed by atoms with Crippen molar-refractivity contribution in [2.24, 2.45) is 0 Å². The molecule has 0 spiro atoms. The second kappa shape index (κ2) is 5.57. The normalized spacial score (nSPS) is 11.1. The first-order valence-corrected chi connectivity index (χ1v) is 5.56. The van der Waals surface area contributed by atoms with Gasteiger partial charge in [-0.3, -0.25) is 4.79 Å². The zero-order valence-electron chi connectivity index (χ0n) is 10.8. The first kappa shape index (κ1) is 14.1. The van der Waals surface area contributed by atoms with Crippen LogP contribution in [0, 0.1) is 0 Å². The maximum Gasteiger partial charge on any atom is 0.317 e. The van der Waals surface area contributed by atoms with Gasteiger partial charge in [0.25, 0.3) is 0 Å². The van der Waals surface area contributed by atoms with Crippen LogP contribution in [-0.2, 0) is 11.3 Å². The molecule has 6 heteroatoms. The fourth-order valence-corrected chi connectivity index (χ4v) is 1.54. The van der Waals surface area contributed by atoms with Crippen LogP contribution in [0.5, 0.6) is 0 Å². The number of urea groups is 1. The van der Waals surface area contributed by atoms with Crippen molar-refractivity contribution in [1.82, 2.24) is 10.2 Å². The first-order valence-electron chi connectivity index (χ1n) is 5.56. The van der Waals surface area contributed by atoms with Crippen LogP contribution < -0.4 is 5.32 Å². The summed E-state index contributed by atoms with van der Waals surface area (Å²) in [5, 5.41) is 11.4. The number of furan rings is 1. The van der Waals surface area contributed by atoms with Crippen LogP contribution in [0.2, 0.25) is 0 Å². The lowest BCUT2D eigenvalue weighted by Gasteiger charge is -2.27. The van der Waals surface area contributed by atoms with Crippen LogP contribution in [-0.4, -0.2) is 34.6 Å². The standard InChI is InChI=1S/C12H18N2O4/c1-12(2,6-10(15)16)13-11(17)14(3)7-9-4-5-18-8-9/h4-5,8H,6-7H2,1-3H3,(H,13,17)(H,15,16). The summed E-state index contributed by atoms with van der Waals surface area (Å²) in [6.45, 7) is 3.75. The zero-order valence-corrected chi connectivity index (χ0v) is 10.8. The van der Waals surface area contributed by atoms with Gasteiger partial charge in [-0.05, 0) is 19.9 Å². The molecule has 0 aromatic carbocycles. The van der Waals surface area contributed by atoms with E-state index < -0.39 is 11.5 Å². The number of amides is 2. The second-order valence-corrected chi connectivity index (χ2v) is 4.87. The molecule has 1 heterocycles. The summed E-state index contributed by atoms with van der Waals surface area (Å²) in [6.07, 6.45) is 2.97. The molecule has 2 amide bonds. The highest BCUT2D eigenvalue weighted by Crippen LogP contribution is 2.10. The van der Waals surface area contributed by atoms with E-state index in [-0.39, 0.29) is 12.5 Å². The molecule has 100 valence electrons. The van der Waals surface area contributed by atoms with E-state index in [1.54, 1.807) is 33.2 Å². The smallest absolute Gasteiger partial charge is 0.317 e. The van der Waals surface area contributed by atoms with Crippen molar-refractivity contribution in [3.05, 3.63) is 24.2 Å². The number of hydrogen-bond donors (Lipinski definition) is 2. The third kappa shape index (κ3) is 4.48. The molecule has 0 bridgehead atoms. The fraction of sp³-hybridized carbons (Fsp3) is 0.500. The third-order valence-electron chi connectivity index (χ3n) is 2.39. The quantitative estimate of drug-likeness (QED) is 0.837. The van der Waals surface area contributed by atoms with Crippen LogP contribution in [0.1, 0.15) is 25.8 Å². The van der Waals surface area contributed by atoms with E-state index in [0.29, 0.717) is 6.54 Å². The number of carboxylic acids is 1. The molecule has 0 saturated carbocycles. The Morgan fingerprint density at radius 1 is 1.50 bits per heavy atom. The molecule has 0 aliphatic rings. The minimum absolute atomic E-state index is 0.127. The number of nitrogens with zero attached hydrogens (tertiary/aromatic N) is 1. The van der Waals surface area contributed by atoms with Gasteiger partial charge >= 0.3 is 12.0 Å². The van der Waals surface area contributed by atoms with E-state index in [9.17, 15) is 9.59 Å². The van der Waals surface area contributed by atoms with Gasteiger partial charge in [0.15, 0.2) is 0 Å². The monoisotopic (exact) mass is 254 g/mol. The van der Waals surface area contributed by atoms with E-state index >= 15 is 0 Å². The van der Waals surface area contributed by atoms with Crippen molar-refractivity contribution < 1.29 is 19.1 Å². The van der Waals surface area contributed by atoms with Gasteiger partial charge in [-0.2, -0.15) is 0 Å². The topological polar surface area (TPSA) is 82.8 Å². The Labute approximate surface area is 106 Å². The Bertz CT molecular complexity index is 412. The molecule has 6 nitrogen and oxygen atoms in total. The van der Waals surface area contributed by atoms with E-state index in [2.05, 4.69) is 5.32 Å². The SMILES string of the molecule is CN(Cc1ccoc1)C(=O)NC(C)(C)CC(=O)O. The molecule has 0 radical (unpaired) electrons. The third-order valence-corrected chi connectivity index (χ3v) is 2.39. The Balaban J connectivity index is 2.51. The van der Waals surface area contributed by atoms with Crippen molar-refractivity contribution >= 4 is 12.0 Å². The number of carboxylic acid groups (broad SMARTS) is 1. The number of aliphatic carboxylic acids is 1. The molecular formula is C12H18N2O4. The fourth-order valence-electron chi connectivity index (χ4n) is 1.54. The molecule has 0 aliphatic carbocycles. The summed E-state index contributed by atoms with van der Waals surface area (Å²) in [4.78, 5) is 24.0. The summed E-state index contributed by atoms with van der Waals surface area (Å²) in [7, 11) is 1.64. The Morgan fingerprint density at radius 2 is 2.17 bits per heavy atom. The summed E-state index contributed by atoms with van der Waals surface area (Å²) in [5.41, 5.74) is 0.0943. The highest BCUT2D eigenvalue weighted by Gasteiger charge is 2.25. The molecule has 0 aliphatic heterocycles. The number of hydrogen-bond acceptors (Lipinski definition) is 3. The maximum atomic E-state index is 11.9. The van der Waals surface area contributed by atoms with Gasteiger partial charge in [0.2, 0.25) is 0 Å². The van der Waals surface area contributed by atoms with E-state index in [4.69, 9.17) is 9.52 Å². The van der Waals surface area contributed by atoms with E-state index in [1.807, 2.05) is 0 Å². The number of nitrogens with one attached hydrogen (secondary N) is 1. The summed E-state index contributed by atoms with van der Waals surface area (Å²) in [5.74, 6) is -0.946. The minimum atomic E-state index is -0.946. The van der Waals surface area contributed by atoms with Gasteiger partial charge < -0.3 is 19.7 Å². The van der Waals surface area contributed by atoms with Crippen LogP contribution in [0.25, 0.3) is 0 Å². The lowest BCUT2D eigenvalue weighted by atomic mass is 10.0. The molecule has 18 heavy (non-hydrogen) atoms. The molecular weight excluding hydrogens is 236 g/mol. The molecule has 0 atom stereocenters. The highest BCUT2D eigenvalue weighted by atomic mass is 16.4. The molecule has 1 aromatic heterocycles. The molecule has 0 fully saturated rings. The minimum Gasteiger partial charge on any atom is -0.481 e. The van der Waals surface area contributed by atoms with Crippen LogP contribution in [0.3, 0.4) is 0 Å². The number of carbonyl (C=O) groups is 2. The molecule has 0 unspecified atom stereocenters. The van der Waals surface area contributed by atoms with Crippen molar-refractivity contribution in [3.63, 3.8) is 0 Å². The summed E-state index contributed by atoms with van der Waals surface area (Å²) in [6, 6.07) is 1.45. The maximum absolute atomic E-state index is 11.9. The van der Waals surface area contributed by atoms with Crippen molar-refractivity contribution in [2.45, 2.75) is 32.4 Å². The zero-order chi connectivity index (χ0) is 13.8. The van der Waals surface area contributed by atoms with Crippen LogP contribution in [0.15, 0.2) is 23.0 Å².